The maximum absolute atomic E-state index is 13.4. The van der Waals surface area contributed by atoms with Crippen molar-refractivity contribution in [3.8, 4) is 17.2 Å². The lowest BCUT2D eigenvalue weighted by atomic mass is 10.0. The molecule has 20 heavy (non-hydrogen) atoms. The molecule has 0 bridgehead atoms. The van der Waals surface area contributed by atoms with Crippen LogP contribution in [0.15, 0.2) is 22.6 Å². The number of methoxy groups -OCH3 is 1. The predicted molar refractivity (Wildman–Crippen MR) is 69.0 cm³/mol. The number of hydrogen-bond acceptors (Lipinski definition) is 5. The second kappa shape index (κ2) is 5.58. The van der Waals surface area contributed by atoms with Gasteiger partial charge in [-0.1, -0.05) is 0 Å². The van der Waals surface area contributed by atoms with Gasteiger partial charge in [-0.25, -0.2) is 4.39 Å². The Morgan fingerprint density at radius 3 is 3.00 bits per heavy atom. The zero-order valence-electron chi connectivity index (χ0n) is 11.1. The molecule has 2 aromatic rings. The van der Waals surface area contributed by atoms with Crippen molar-refractivity contribution in [2.24, 2.45) is 0 Å². The van der Waals surface area contributed by atoms with Gasteiger partial charge in [0.25, 0.3) is 5.89 Å². The Morgan fingerprint density at radius 1 is 1.35 bits per heavy atom. The molecule has 0 aliphatic carbocycles. The third-order valence-electron chi connectivity index (χ3n) is 3.34. The molecule has 1 aromatic heterocycles. The highest BCUT2D eigenvalue weighted by Crippen LogP contribution is 2.32. The SMILES string of the molecule is COc1ccc(F)cc1-c1nnc(C2CCCOC2)o1. The highest BCUT2D eigenvalue weighted by atomic mass is 19.1. The van der Waals surface area contributed by atoms with Crippen molar-refractivity contribution in [3.63, 3.8) is 0 Å². The predicted octanol–water partition coefficient (Wildman–Crippen LogP) is 2.78. The van der Waals surface area contributed by atoms with Crippen molar-refractivity contribution in [3.05, 3.63) is 29.9 Å². The van der Waals surface area contributed by atoms with E-state index in [0.717, 1.165) is 19.4 Å². The zero-order chi connectivity index (χ0) is 13.9. The summed E-state index contributed by atoms with van der Waals surface area (Å²) in [7, 11) is 1.52. The summed E-state index contributed by atoms with van der Waals surface area (Å²) in [4.78, 5) is 0. The van der Waals surface area contributed by atoms with Crippen LogP contribution in [-0.2, 0) is 4.74 Å². The quantitative estimate of drug-likeness (QED) is 0.864. The molecule has 106 valence electrons. The van der Waals surface area contributed by atoms with Gasteiger partial charge >= 0.3 is 0 Å². The smallest absolute Gasteiger partial charge is 0.251 e. The van der Waals surface area contributed by atoms with Gasteiger partial charge in [0.05, 0.1) is 25.2 Å². The number of nitrogens with zero attached hydrogens (tertiary/aromatic N) is 2. The Labute approximate surface area is 115 Å². The average molecular weight is 278 g/mol. The van der Waals surface area contributed by atoms with Crippen LogP contribution in [0.3, 0.4) is 0 Å². The molecule has 1 aliphatic heterocycles. The standard InChI is InChI=1S/C14H15FN2O3/c1-18-12-5-4-10(15)7-11(12)14-17-16-13(20-14)9-3-2-6-19-8-9/h4-5,7,9H,2-3,6,8H2,1H3. The summed E-state index contributed by atoms with van der Waals surface area (Å²) in [5.41, 5.74) is 0.461. The highest BCUT2D eigenvalue weighted by Gasteiger charge is 2.23. The third kappa shape index (κ3) is 2.51. The molecule has 1 aromatic carbocycles. The van der Waals surface area contributed by atoms with Crippen LogP contribution >= 0.6 is 0 Å². The fourth-order valence-electron chi connectivity index (χ4n) is 2.29. The minimum Gasteiger partial charge on any atom is -0.496 e. The Bertz CT molecular complexity index is 594. The van der Waals surface area contributed by atoms with Crippen LogP contribution in [0, 0.1) is 5.82 Å². The van der Waals surface area contributed by atoms with Crippen LogP contribution in [0.5, 0.6) is 5.75 Å². The summed E-state index contributed by atoms with van der Waals surface area (Å²) >= 11 is 0. The fraction of sp³-hybridized carbons (Fsp3) is 0.429. The van der Waals surface area contributed by atoms with E-state index in [2.05, 4.69) is 10.2 Å². The van der Waals surface area contributed by atoms with Crippen LogP contribution in [0.1, 0.15) is 24.7 Å². The first-order chi connectivity index (χ1) is 9.78. The first kappa shape index (κ1) is 13.1. The van der Waals surface area contributed by atoms with Gasteiger partial charge < -0.3 is 13.9 Å². The molecule has 1 aliphatic rings. The molecule has 1 fully saturated rings. The Balaban J connectivity index is 1.91. The average Bonchev–Trinajstić information content (AvgIpc) is 2.98. The first-order valence-electron chi connectivity index (χ1n) is 6.53. The molecule has 0 radical (unpaired) electrons. The minimum absolute atomic E-state index is 0.115. The van der Waals surface area contributed by atoms with E-state index >= 15 is 0 Å². The Kier molecular flexibility index (Phi) is 3.64. The molecule has 1 unspecified atom stereocenters. The van der Waals surface area contributed by atoms with Crippen LogP contribution in [0.25, 0.3) is 11.5 Å². The van der Waals surface area contributed by atoms with Crippen LogP contribution in [0.2, 0.25) is 0 Å². The van der Waals surface area contributed by atoms with Crippen molar-refractivity contribution in [2.45, 2.75) is 18.8 Å². The van der Waals surface area contributed by atoms with E-state index in [4.69, 9.17) is 13.9 Å². The van der Waals surface area contributed by atoms with Gasteiger partial charge in [0.1, 0.15) is 11.6 Å². The summed E-state index contributed by atoms with van der Waals surface area (Å²) in [5, 5.41) is 8.04. The molecular weight excluding hydrogens is 263 g/mol. The normalized spacial score (nSPS) is 19.0. The van der Waals surface area contributed by atoms with E-state index in [9.17, 15) is 4.39 Å². The van der Waals surface area contributed by atoms with E-state index in [-0.39, 0.29) is 17.6 Å². The fourth-order valence-corrected chi connectivity index (χ4v) is 2.29. The van der Waals surface area contributed by atoms with Crippen molar-refractivity contribution in [1.82, 2.24) is 10.2 Å². The van der Waals surface area contributed by atoms with Gasteiger partial charge in [0, 0.05) is 6.61 Å². The number of ether oxygens (including phenoxy) is 2. The Morgan fingerprint density at radius 2 is 2.25 bits per heavy atom. The number of aromatic nitrogens is 2. The molecule has 2 heterocycles. The number of hydrogen-bond donors (Lipinski definition) is 0. The van der Waals surface area contributed by atoms with Gasteiger partial charge in [-0.3, -0.25) is 0 Å². The topological polar surface area (TPSA) is 57.4 Å². The van der Waals surface area contributed by atoms with Gasteiger partial charge in [0.15, 0.2) is 0 Å². The minimum atomic E-state index is -0.374. The number of rotatable bonds is 3. The van der Waals surface area contributed by atoms with Crippen LogP contribution in [-0.4, -0.2) is 30.5 Å². The van der Waals surface area contributed by atoms with Gasteiger partial charge in [-0.2, -0.15) is 0 Å². The van der Waals surface area contributed by atoms with E-state index in [1.165, 1.54) is 25.3 Å². The lowest BCUT2D eigenvalue weighted by molar-refractivity contribution is 0.0727. The number of halogens is 1. The number of benzene rings is 1. The van der Waals surface area contributed by atoms with Crippen LogP contribution < -0.4 is 4.74 Å². The van der Waals surface area contributed by atoms with E-state index < -0.39 is 0 Å². The lowest BCUT2D eigenvalue weighted by Gasteiger charge is -2.18. The molecule has 3 rings (SSSR count). The second-order valence-electron chi connectivity index (χ2n) is 4.70. The summed E-state index contributed by atoms with van der Waals surface area (Å²) in [6.07, 6.45) is 1.94. The molecule has 0 spiro atoms. The van der Waals surface area contributed by atoms with Crippen molar-refractivity contribution in [2.75, 3.05) is 20.3 Å². The monoisotopic (exact) mass is 278 g/mol. The summed E-state index contributed by atoms with van der Waals surface area (Å²) in [5.74, 6) is 1.04. The van der Waals surface area contributed by atoms with Gasteiger partial charge in [-0.05, 0) is 31.0 Å². The molecular formula is C14H15FN2O3. The Hall–Kier alpha value is -1.95. The summed E-state index contributed by atoms with van der Waals surface area (Å²) in [6, 6.07) is 4.19. The van der Waals surface area contributed by atoms with Gasteiger partial charge in [0.2, 0.25) is 5.89 Å². The molecule has 1 atom stereocenters. The highest BCUT2D eigenvalue weighted by molar-refractivity contribution is 5.62. The summed E-state index contributed by atoms with van der Waals surface area (Å²) < 4.78 is 29.6. The maximum atomic E-state index is 13.4. The zero-order valence-corrected chi connectivity index (χ0v) is 11.1. The van der Waals surface area contributed by atoms with Crippen molar-refractivity contribution < 1.29 is 18.3 Å². The molecule has 1 saturated heterocycles. The molecule has 0 N–H and O–H groups in total. The second-order valence-corrected chi connectivity index (χ2v) is 4.70. The van der Waals surface area contributed by atoms with Crippen molar-refractivity contribution in [1.29, 1.82) is 0 Å². The lowest BCUT2D eigenvalue weighted by Crippen LogP contribution is -2.15. The summed E-state index contributed by atoms with van der Waals surface area (Å²) in [6.45, 7) is 1.36. The van der Waals surface area contributed by atoms with E-state index in [0.29, 0.717) is 23.8 Å². The third-order valence-corrected chi connectivity index (χ3v) is 3.34. The van der Waals surface area contributed by atoms with Crippen LogP contribution in [0.4, 0.5) is 4.39 Å². The van der Waals surface area contributed by atoms with Crippen molar-refractivity contribution >= 4 is 0 Å². The largest absolute Gasteiger partial charge is 0.496 e. The van der Waals surface area contributed by atoms with Gasteiger partial charge in [-0.15, -0.1) is 10.2 Å². The van der Waals surface area contributed by atoms with E-state index in [1.54, 1.807) is 0 Å². The molecule has 5 nitrogen and oxygen atoms in total. The first-order valence-corrected chi connectivity index (χ1v) is 6.53. The van der Waals surface area contributed by atoms with E-state index in [1.807, 2.05) is 0 Å². The molecule has 0 saturated carbocycles. The molecule has 6 heteroatoms. The molecule has 0 amide bonds. The maximum Gasteiger partial charge on any atom is 0.251 e.